The van der Waals surface area contributed by atoms with Gasteiger partial charge in [-0.2, -0.15) is 0 Å². The van der Waals surface area contributed by atoms with Gasteiger partial charge >= 0.3 is 0 Å². The Balaban J connectivity index is 0.00000408. The Kier molecular flexibility index (Phi) is 11.8. The zero-order chi connectivity index (χ0) is 23.6. The highest BCUT2D eigenvalue weighted by Crippen LogP contribution is 2.29. The average molecular weight is 591 g/mol. The molecular formula is C28H35IN2O2S. The third-order valence-corrected chi connectivity index (χ3v) is 6.41. The average Bonchev–Trinajstić information content (AvgIpc) is 2.87. The fourth-order valence-electron chi connectivity index (χ4n) is 3.79. The van der Waals surface area contributed by atoms with Gasteiger partial charge in [0.05, 0.1) is 19.9 Å². The van der Waals surface area contributed by atoms with Gasteiger partial charge in [0.15, 0.2) is 5.17 Å². The number of halogens is 1. The van der Waals surface area contributed by atoms with Crippen LogP contribution < -0.4 is 9.47 Å². The molecule has 0 aliphatic rings. The minimum absolute atomic E-state index is 0. The lowest BCUT2D eigenvalue weighted by Gasteiger charge is -2.26. The van der Waals surface area contributed by atoms with Crippen molar-refractivity contribution in [2.24, 2.45) is 4.99 Å². The molecule has 0 saturated heterocycles. The third-order valence-electron chi connectivity index (χ3n) is 5.69. The van der Waals surface area contributed by atoms with Crippen molar-refractivity contribution >= 4 is 46.6 Å². The van der Waals surface area contributed by atoms with Gasteiger partial charge in [-0.15, -0.1) is 24.0 Å². The zero-order valence-corrected chi connectivity index (χ0v) is 23.9. The first-order valence-electron chi connectivity index (χ1n) is 11.4. The fraction of sp³-hybridized carbons (Fsp3) is 0.321. The van der Waals surface area contributed by atoms with Crippen LogP contribution in [0.2, 0.25) is 0 Å². The summed E-state index contributed by atoms with van der Waals surface area (Å²) < 4.78 is 10.7. The van der Waals surface area contributed by atoms with Gasteiger partial charge in [-0.1, -0.05) is 68.1 Å². The number of nitrogens with zero attached hydrogens (tertiary/aromatic N) is 2. The molecule has 3 aromatic rings. The van der Waals surface area contributed by atoms with Crippen LogP contribution in [0.3, 0.4) is 0 Å². The van der Waals surface area contributed by atoms with Gasteiger partial charge in [0.25, 0.3) is 0 Å². The molecule has 0 bridgehead atoms. The van der Waals surface area contributed by atoms with Gasteiger partial charge in [0, 0.05) is 13.1 Å². The molecule has 0 unspecified atom stereocenters. The quantitative estimate of drug-likeness (QED) is 0.147. The second kappa shape index (κ2) is 14.3. The summed E-state index contributed by atoms with van der Waals surface area (Å²) in [6.45, 7) is 5.90. The molecular weight excluding hydrogens is 555 g/mol. The van der Waals surface area contributed by atoms with Gasteiger partial charge < -0.3 is 14.4 Å². The van der Waals surface area contributed by atoms with E-state index in [1.807, 2.05) is 24.3 Å². The van der Waals surface area contributed by atoms with Gasteiger partial charge in [-0.25, -0.2) is 4.99 Å². The van der Waals surface area contributed by atoms with Crippen molar-refractivity contribution in [3.63, 3.8) is 0 Å². The van der Waals surface area contributed by atoms with Crippen molar-refractivity contribution in [2.45, 2.75) is 39.8 Å². The predicted molar refractivity (Wildman–Crippen MR) is 156 cm³/mol. The number of hydrogen-bond donors (Lipinski definition) is 0. The number of thioether (sulfide) groups is 1. The molecule has 0 amide bonds. The second-order valence-electron chi connectivity index (χ2n) is 7.78. The van der Waals surface area contributed by atoms with Crippen molar-refractivity contribution in [1.29, 1.82) is 0 Å². The van der Waals surface area contributed by atoms with Crippen LogP contribution >= 0.6 is 35.7 Å². The van der Waals surface area contributed by atoms with Crippen LogP contribution in [0.15, 0.2) is 71.7 Å². The second-order valence-corrected chi connectivity index (χ2v) is 8.56. The molecule has 0 fully saturated rings. The summed E-state index contributed by atoms with van der Waals surface area (Å²) in [5.41, 5.74) is 6.11. The molecule has 0 aromatic heterocycles. The first-order chi connectivity index (χ1) is 16.1. The number of benzene rings is 3. The zero-order valence-electron chi connectivity index (χ0n) is 20.7. The van der Waals surface area contributed by atoms with Crippen molar-refractivity contribution in [3.8, 4) is 11.5 Å². The lowest BCUT2D eigenvalue weighted by molar-refractivity contribution is 0.405. The van der Waals surface area contributed by atoms with Crippen molar-refractivity contribution in [1.82, 2.24) is 4.90 Å². The fourth-order valence-corrected chi connectivity index (χ4v) is 4.36. The summed E-state index contributed by atoms with van der Waals surface area (Å²) in [4.78, 5) is 7.58. The van der Waals surface area contributed by atoms with Crippen molar-refractivity contribution < 1.29 is 9.47 Å². The molecule has 182 valence electrons. The maximum Gasteiger partial charge on any atom is 0.164 e. The maximum atomic E-state index is 5.34. The number of rotatable bonds is 9. The van der Waals surface area contributed by atoms with E-state index in [2.05, 4.69) is 67.5 Å². The minimum atomic E-state index is 0. The van der Waals surface area contributed by atoms with E-state index in [-0.39, 0.29) is 24.0 Å². The maximum absolute atomic E-state index is 5.34. The molecule has 3 rings (SSSR count). The van der Waals surface area contributed by atoms with E-state index >= 15 is 0 Å². The first kappa shape index (κ1) is 28.1. The Morgan fingerprint density at radius 1 is 0.765 bits per heavy atom. The Morgan fingerprint density at radius 2 is 1.21 bits per heavy atom. The number of aryl methyl sites for hydroxylation is 2. The van der Waals surface area contributed by atoms with Crippen LogP contribution in [0, 0.1) is 0 Å². The Morgan fingerprint density at radius 3 is 1.56 bits per heavy atom. The topological polar surface area (TPSA) is 34.1 Å². The van der Waals surface area contributed by atoms with E-state index in [1.54, 1.807) is 26.0 Å². The van der Waals surface area contributed by atoms with Crippen molar-refractivity contribution in [3.05, 3.63) is 89.0 Å². The number of ether oxygens (including phenoxy) is 2. The van der Waals surface area contributed by atoms with Crippen LogP contribution in [0.1, 0.15) is 36.1 Å². The number of amidine groups is 1. The van der Waals surface area contributed by atoms with Crippen LogP contribution in [0.25, 0.3) is 0 Å². The van der Waals surface area contributed by atoms with Crippen molar-refractivity contribution in [2.75, 3.05) is 20.5 Å². The largest absolute Gasteiger partial charge is 0.497 e. The molecule has 4 nitrogen and oxygen atoms in total. The lowest BCUT2D eigenvalue weighted by atomic mass is 10.0. The normalized spacial score (nSPS) is 11.0. The standard InChI is InChI=1S/C28H34N2O2S.HI/c1-6-23-9-8-10-24(7-2)27(23)29-28(33-5)30(19-21-11-15-25(31-3)16-12-21)20-22-13-17-26(32-4)18-14-22;/h8-18H,6-7,19-20H2,1-5H3;1H. The third kappa shape index (κ3) is 7.40. The van der Waals surface area contributed by atoms with Crippen LogP contribution in [-0.2, 0) is 25.9 Å². The molecule has 0 N–H and O–H groups in total. The first-order valence-corrected chi connectivity index (χ1v) is 12.6. The molecule has 3 aromatic carbocycles. The highest BCUT2D eigenvalue weighted by atomic mass is 127. The minimum Gasteiger partial charge on any atom is -0.497 e. The van der Waals surface area contributed by atoms with E-state index in [0.717, 1.165) is 48.3 Å². The van der Waals surface area contributed by atoms with E-state index in [1.165, 1.54) is 22.3 Å². The smallest absolute Gasteiger partial charge is 0.164 e. The van der Waals surface area contributed by atoms with Crippen LogP contribution in [0.5, 0.6) is 11.5 Å². The number of methoxy groups -OCH3 is 2. The summed E-state index contributed by atoms with van der Waals surface area (Å²) >= 11 is 1.69. The number of hydrogen-bond acceptors (Lipinski definition) is 4. The highest BCUT2D eigenvalue weighted by Gasteiger charge is 2.15. The van der Waals surface area contributed by atoms with E-state index < -0.39 is 0 Å². The van der Waals surface area contributed by atoms with Crippen LogP contribution in [-0.4, -0.2) is 30.5 Å². The summed E-state index contributed by atoms with van der Waals surface area (Å²) in [6, 6.07) is 23.0. The molecule has 0 radical (unpaired) electrons. The summed E-state index contributed by atoms with van der Waals surface area (Å²) in [5.74, 6) is 1.73. The molecule has 0 aliphatic heterocycles. The van der Waals surface area contributed by atoms with E-state index in [0.29, 0.717) is 0 Å². The van der Waals surface area contributed by atoms with E-state index in [9.17, 15) is 0 Å². The van der Waals surface area contributed by atoms with Gasteiger partial charge in [-0.05, 0) is 65.6 Å². The lowest BCUT2D eigenvalue weighted by Crippen LogP contribution is -2.28. The summed E-state index contributed by atoms with van der Waals surface area (Å²) in [6.07, 6.45) is 4.03. The van der Waals surface area contributed by atoms with Gasteiger partial charge in [0.1, 0.15) is 11.5 Å². The van der Waals surface area contributed by atoms with Gasteiger partial charge in [-0.3, -0.25) is 0 Å². The molecule has 0 saturated carbocycles. The van der Waals surface area contributed by atoms with Gasteiger partial charge in [0.2, 0.25) is 0 Å². The Labute approximate surface area is 225 Å². The van der Waals surface area contributed by atoms with E-state index in [4.69, 9.17) is 14.5 Å². The summed E-state index contributed by atoms with van der Waals surface area (Å²) in [7, 11) is 3.39. The Bertz CT molecular complexity index is 981. The molecule has 0 spiro atoms. The molecule has 6 heteroatoms. The number of aliphatic imine (C=N–C) groups is 1. The molecule has 0 heterocycles. The predicted octanol–water partition coefficient (Wildman–Crippen LogP) is 7.50. The molecule has 0 aliphatic carbocycles. The van der Waals surface area contributed by atoms with Crippen LogP contribution in [0.4, 0.5) is 5.69 Å². The Hall–Kier alpha value is -2.19. The highest BCUT2D eigenvalue weighted by molar-refractivity contribution is 14.0. The SMILES string of the molecule is CCc1cccc(CC)c1N=C(SC)N(Cc1ccc(OC)cc1)Cc1ccc(OC)cc1.I. The molecule has 34 heavy (non-hydrogen) atoms. The molecule has 0 atom stereocenters. The number of para-hydroxylation sites is 1. The monoisotopic (exact) mass is 590 g/mol. The summed E-state index contributed by atoms with van der Waals surface area (Å²) in [5, 5.41) is 1.01.